The van der Waals surface area contributed by atoms with E-state index in [0.29, 0.717) is 5.75 Å². The highest BCUT2D eigenvalue weighted by atomic mass is 19.1. The van der Waals surface area contributed by atoms with Gasteiger partial charge in [0, 0.05) is 5.56 Å². The minimum atomic E-state index is -0.642. The van der Waals surface area contributed by atoms with E-state index in [1.54, 1.807) is 12.1 Å². The minimum absolute atomic E-state index is 0.00808. The zero-order valence-corrected chi connectivity index (χ0v) is 10.9. The molecule has 0 aliphatic rings. The van der Waals surface area contributed by atoms with Crippen molar-refractivity contribution in [3.05, 3.63) is 59.4 Å². The molecule has 2 aromatic rings. The first-order valence-electron chi connectivity index (χ1n) is 5.96. The Bertz CT molecular complexity index is 628. The van der Waals surface area contributed by atoms with E-state index in [-0.39, 0.29) is 17.9 Å². The van der Waals surface area contributed by atoms with Crippen molar-refractivity contribution in [1.29, 1.82) is 0 Å². The summed E-state index contributed by atoms with van der Waals surface area (Å²) >= 11 is 0. The molecule has 20 heavy (non-hydrogen) atoms. The molecule has 0 aliphatic heterocycles. The second-order valence-corrected chi connectivity index (χ2v) is 4.12. The molecule has 0 atom stereocenters. The monoisotopic (exact) mass is 275 g/mol. The van der Waals surface area contributed by atoms with Crippen LogP contribution in [-0.2, 0) is 11.3 Å². The summed E-state index contributed by atoms with van der Waals surface area (Å²) in [4.78, 5) is 11.8. The quantitative estimate of drug-likeness (QED) is 0.688. The van der Waals surface area contributed by atoms with E-state index in [1.807, 2.05) is 12.1 Å². The molecule has 0 saturated heterocycles. The fourth-order valence-electron chi connectivity index (χ4n) is 1.70. The zero-order valence-electron chi connectivity index (χ0n) is 10.9. The number of ether oxygens (including phenoxy) is 2. The van der Waals surface area contributed by atoms with Crippen LogP contribution in [0.15, 0.2) is 42.5 Å². The first-order chi connectivity index (χ1) is 9.61. The zero-order chi connectivity index (χ0) is 14.5. The predicted octanol–water partition coefficient (Wildman–Crippen LogP) is 2.77. The molecule has 0 fully saturated rings. The van der Waals surface area contributed by atoms with Gasteiger partial charge in [0.1, 0.15) is 18.2 Å². The third-order valence-electron chi connectivity index (χ3n) is 2.79. The van der Waals surface area contributed by atoms with E-state index in [9.17, 15) is 9.18 Å². The van der Waals surface area contributed by atoms with Crippen molar-refractivity contribution >= 4 is 11.7 Å². The molecule has 0 radical (unpaired) electrons. The molecule has 0 unspecified atom stereocenters. The Morgan fingerprint density at radius 3 is 2.70 bits per heavy atom. The molecular formula is C15H14FNO3. The number of nitrogens with two attached hydrogens (primary N) is 1. The van der Waals surface area contributed by atoms with Crippen LogP contribution in [0.5, 0.6) is 5.75 Å². The van der Waals surface area contributed by atoms with Crippen molar-refractivity contribution in [1.82, 2.24) is 0 Å². The molecule has 0 aromatic heterocycles. The number of benzene rings is 2. The van der Waals surface area contributed by atoms with Gasteiger partial charge in [-0.05, 0) is 24.3 Å². The van der Waals surface area contributed by atoms with E-state index in [2.05, 4.69) is 0 Å². The lowest BCUT2D eigenvalue weighted by molar-refractivity contribution is 0.0469. The number of methoxy groups -OCH3 is 1. The maximum Gasteiger partial charge on any atom is 0.338 e. The third-order valence-corrected chi connectivity index (χ3v) is 2.79. The number of carbonyl (C=O) groups is 1. The molecule has 0 heterocycles. The first kappa shape index (κ1) is 13.9. The van der Waals surface area contributed by atoms with Crippen LogP contribution in [-0.4, -0.2) is 13.1 Å². The van der Waals surface area contributed by atoms with Crippen molar-refractivity contribution < 1.29 is 18.7 Å². The largest absolute Gasteiger partial charge is 0.496 e. The second kappa shape index (κ2) is 6.06. The Labute approximate surface area is 115 Å². The number of rotatable bonds is 4. The molecule has 0 bridgehead atoms. The van der Waals surface area contributed by atoms with Crippen molar-refractivity contribution in [2.75, 3.05) is 12.8 Å². The molecule has 104 valence electrons. The van der Waals surface area contributed by atoms with Crippen LogP contribution in [0.25, 0.3) is 0 Å². The molecule has 0 amide bonds. The number of esters is 1. The summed E-state index contributed by atoms with van der Waals surface area (Å²) in [6.07, 6.45) is 0. The fourth-order valence-corrected chi connectivity index (χ4v) is 1.70. The highest BCUT2D eigenvalue weighted by molar-refractivity contribution is 5.89. The number of hydrogen-bond donors (Lipinski definition) is 1. The summed E-state index contributed by atoms with van der Waals surface area (Å²) in [5.41, 5.74) is 6.19. The van der Waals surface area contributed by atoms with Crippen molar-refractivity contribution in [3.8, 4) is 5.75 Å². The van der Waals surface area contributed by atoms with Gasteiger partial charge in [0.25, 0.3) is 0 Å². The normalized spacial score (nSPS) is 10.1. The number of anilines is 1. The molecule has 2 N–H and O–H groups in total. The van der Waals surface area contributed by atoms with Gasteiger partial charge < -0.3 is 15.2 Å². The lowest BCUT2D eigenvalue weighted by Crippen LogP contribution is -2.07. The first-order valence-corrected chi connectivity index (χ1v) is 5.96. The summed E-state index contributed by atoms with van der Waals surface area (Å²) in [5.74, 6) is -0.629. The minimum Gasteiger partial charge on any atom is -0.496 e. The van der Waals surface area contributed by atoms with Crippen LogP contribution < -0.4 is 10.5 Å². The van der Waals surface area contributed by atoms with Crippen LogP contribution in [0.2, 0.25) is 0 Å². The van der Waals surface area contributed by atoms with Crippen LogP contribution >= 0.6 is 0 Å². The highest BCUT2D eigenvalue weighted by Crippen LogP contribution is 2.19. The topological polar surface area (TPSA) is 61.5 Å². The Hall–Kier alpha value is -2.56. The third kappa shape index (κ3) is 3.06. The van der Waals surface area contributed by atoms with Crippen LogP contribution in [0, 0.1) is 5.82 Å². The number of para-hydroxylation sites is 1. The van der Waals surface area contributed by atoms with E-state index in [0.717, 1.165) is 11.6 Å². The average Bonchev–Trinajstić information content (AvgIpc) is 2.47. The average molecular weight is 275 g/mol. The van der Waals surface area contributed by atoms with Crippen molar-refractivity contribution in [2.45, 2.75) is 6.61 Å². The van der Waals surface area contributed by atoms with Crippen LogP contribution in [0.3, 0.4) is 0 Å². The smallest absolute Gasteiger partial charge is 0.338 e. The molecule has 0 saturated carbocycles. The summed E-state index contributed by atoms with van der Waals surface area (Å²) in [6.45, 7) is 0.0504. The van der Waals surface area contributed by atoms with Crippen molar-refractivity contribution in [3.63, 3.8) is 0 Å². The molecule has 0 aliphatic carbocycles. The fraction of sp³-hybridized carbons (Fsp3) is 0.133. The van der Waals surface area contributed by atoms with Gasteiger partial charge in [-0.2, -0.15) is 0 Å². The SMILES string of the molecule is COc1ccccc1COC(=O)c1ccc(N)c(F)c1. The van der Waals surface area contributed by atoms with E-state index in [1.165, 1.54) is 19.2 Å². The van der Waals surface area contributed by atoms with Gasteiger partial charge in [0.2, 0.25) is 0 Å². The van der Waals surface area contributed by atoms with Gasteiger partial charge in [-0.1, -0.05) is 18.2 Å². The lowest BCUT2D eigenvalue weighted by atomic mass is 10.2. The van der Waals surface area contributed by atoms with E-state index < -0.39 is 11.8 Å². The number of halogens is 1. The van der Waals surface area contributed by atoms with Crippen LogP contribution in [0.4, 0.5) is 10.1 Å². The van der Waals surface area contributed by atoms with E-state index in [4.69, 9.17) is 15.2 Å². The standard InChI is InChI=1S/C15H14FNO3/c1-19-14-5-3-2-4-11(14)9-20-15(18)10-6-7-13(17)12(16)8-10/h2-8H,9,17H2,1H3. The molecule has 4 nitrogen and oxygen atoms in total. The van der Waals surface area contributed by atoms with Gasteiger partial charge in [-0.25, -0.2) is 9.18 Å². The molecular weight excluding hydrogens is 261 g/mol. The van der Waals surface area contributed by atoms with Gasteiger partial charge >= 0.3 is 5.97 Å². The number of nitrogen functional groups attached to an aromatic ring is 1. The molecule has 2 rings (SSSR count). The number of hydrogen-bond acceptors (Lipinski definition) is 4. The Morgan fingerprint density at radius 1 is 1.25 bits per heavy atom. The van der Waals surface area contributed by atoms with Gasteiger partial charge in [-0.15, -0.1) is 0 Å². The Morgan fingerprint density at radius 2 is 2.00 bits per heavy atom. The number of carbonyl (C=O) groups excluding carboxylic acids is 1. The van der Waals surface area contributed by atoms with E-state index >= 15 is 0 Å². The predicted molar refractivity (Wildman–Crippen MR) is 72.9 cm³/mol. The Kier molecular flexibility index (Phi) is 4.20. The maximum atomic E-state index is 13.3. The summed E-state index contributed by atoms with van der Waals surface area (Å²) in [7, 11) is 1.54. The molecule has 0 spiro atoms. The summed E-state index contributed by atoms with van der Waals surface area (Å²) in [6, 6.07) is 11.0. The maximum absolute atomic E-state index is 13.3. The van der Waals surface area contributed by atoms with Gasteiger partial charge in [0.15, 0.2) is 0 Å². The van der Waals surface area contributed by atoms with Crippen LogP contribution in [0.1, 0.15) is 15.9 Å². The summed E-state index contributed by atoms with van der Waals surface area (Å²) < 4.78 is 23.5. The van der Waals surface area contributed by atoms with Gasteiger partial charge in [0.05, 0.1) is 18.4 Å². The highest BCUT2D eigenvalue weighted by Gasteiger charge is 2.11. The van der Waals surface area contributed by atoms with Gasteiger partial charge in [-0.3, -0.25) is 0 Å². The Balaban J connectivity index is 2.06. The lowest BCUT2D eigenvalue weighted by Gasteiger charge is -2.09. The summed E-state index contributed by atoms with van der Waals surface area (Å²) in [5, 5.41) is 0. The molecule has 2 aromatic carbocycles. The second-order valence-electron chi connectivity index (χ2n) is 4.12. The van der Waals surface area contributed by atoms with Crippen molar-refractivity contribution in [2.24, 2.45) is 0 Å². The molecule has 5 heteroatoms.